The number of aryl methyl sites for hydroxylation is 4. The van der Waals surface area contributed by atoms with E-state index in [9.17, 15) is 9.59 Å². The highest BCUT2D eigenvalue weighted by atomic mass is 35.5. The molecule has 130 valence electrons. The summed E-state index contributed by atoms with van der Waals surface area (Å²) in [6.07, 6.45) is 1.96. The van der Waals surface area contributed by atoms with Crippen molar-refractivity contribution in [2.45, 2.75) is 53.6 Å². The number of hydrogen-bond acceptors (Lipinski definition) is 3. The van der Waals surface area contributed by atoms with Gasteiger partial charge in [-0.25, -0.2) is 0 Å². The van der Waals surface area contributed by atoms with Crippen molar-refractivity contribution in [3.8, 4) is 0 Å². The number of amides is 1. The molecule has 0 aliphatic heterocycles. The number of aromatic nitrogens is 3. The zero-order valence-corrected chi connectivity index (χ0v) is 15.3. The second kappa shape index (κ2) is 7.66. The van der Waals surface area contributed by atoms with Gasteiger partial charge in [-0.1, -0.05) is 24.9 Å². The highest BCUT2D eigenvalue weighted by Gasteiger charge is 2.20. The molecule has 0 aliphatic carbocycles. The zero-order valence-electron chi connectivity index (χ0n) is 14.5. The molecule has 0 radical (unpaired) electrons. The second-order valence-electron chi connectivity index (χ2n) is 5.95. The van der Waals surface area contributed by atoms with Crippen LogP contribution in [0.4, 0.5) is 0 Å². The first-order valence-electron chi connectivity index (χ1n) is 8.05. The Morgan fingerprint density at radius 2 is 2.08 bits per heavy atom. The molecular weight excluding hydrogens is 328 g/mol. The Hall–Kier alpha value is -2.08. The van der Waals surface area contributed by atoms with E-state index in [-0.39, 0.29) is 18.0 Å². The number of aromatic amines is 1. The van der Waals surface area contributed by atoms with Gasteiger partial charge in [0.05, 0.1) is 11.3 Å². The summed E-state index contributed by atoms with van der Waals surface area (Å²) >= 11 is 6.30. The van der Waals surface area contributed by atoms with Crippen LogP contribution in [0.1, 0.15) is 52.6 Å². The fourth-order valence-electron chi connectivity index (χ4n) is 2.63. The van der Waals surface area contributed by atoms with Gasteiger partial charge >= 0.3 is 0 Å². The molecule has 0 atom stereocenters. The number of carbonyl (C=O) groups is 1. The van der Waals surface area contributed by atoms with Gasteiger partial charge in [0.2, 0.25) is 0 Å². The number of pyridine rings is 1. The highest BCUT2D eigenvalue weighted by molar-refractivity contribution is 6.33. The molecular formula is C17H23ClN4O2. The van der Waals surface area contributed by atoms with Crippen LogP contribution in [0.25, 0.3) is 0 Å². The molecule has 2 heterocycles. The molecule has 1 amide bonds. The molecule has 2 aromatic heterocycles. The van der Waals surface area contributed by atoms with Gasteiger partial charge in [-0.05, 0) is 38.8 Å². The Morgan fingerprint density at radius 3 is 2.71 bits per heavy atom. The van der Waals surface area contributed by atoms with Crippen LogP contribution in [0.5, 0.6) is 0 Å². The standard InChI is InChI=1S/C17H23ClN4O2/c1-5-6-7-22-15(18)14(12(4)21-22)17(24)19-9-13-10(2)8-11(3)20-16(13)23/h8H,5-7,9H2,1-4H3,(H,19,24)(H,20,23). The quantitative estimate of drug-likeness (QED) is 0.840. The predicted molar refractivity (Wildman–Crippen MR) is 94.6 cm³/mol. The third kappa shape index (κ3) is 3.87. The molecule has 6 nitrogen and oxygen atoms in total. The van der Waals surface area contributed by atoms with Crippen molar-refractivity contribution in [2.24, 2.45) is 0 Å². The van der Waals surface area contributed by atoms with Crippen molar-refractivity contribution in [3.05, 3.63) is 49.7 Å². The average molecular weight is 351 g/mol. The van der Waals surface area contributed by atoms with Crippen molar-refractivity contribution in [1.29, 1.82) is 0 Å². The fourth-order valence-corrected chi connectivity index (χ4v) is 2.97. The maximum atomic E-state index is 12.5. The lowest BCUT2D eigenvalue weighted by Crippen LogP contribution is -2.28. The lowest BCUT2D eigenvalue weighted by molar-refractivity contribution is 0.0950. The van der Waals surface area contributed by atoms with Crippen LogP contribution in [0, 0.1) is 20.8 Å². The molecule has 0 saturated carbocycles. The molecule has 24 heavy (non-hydrogen) atoms. The Morgan fingerprint density at radius 1 is 1.38 bits per heavy atom. The molecule has 2 aromatic rings. The number of H-pyrrole nitrogens is 1. The number of carbonyl (C=O) groups excluding carboxylic acids is 1. The van der Waals surface area contributed by atoms with E-state index in [1.807, 2.05) is 19.9 Å². The molecule has 0 aliphatic rings. The Balaban J connectivity index is 2.17. The molecule has 0 bridgehead atoms. The number of halogens is 1. The number of rotatable bonds is 6. The molecule has 2 N–H and O–H groups in total. The van der Waals surface area contributed by atoms with Crippen molar-refractivity contribution in [1.82, 2.24) is 20.1 Å². The average Bonchev–Trinajstić information content (AvgIpc) is 2.78. The van der Waals surface area contributed by atoms with E-state index in [4.69, 9.17) is 11.6 Å². The minimum atomic E-state index is -0.320. The van der Waals surface area contributed by atoms with Crippen molar-refractivity contribution in [3.63, 3.8) is 0 Å². The fraction of sp³-hybridized carbons (Fsp3) is 0.471. The monoisotopic (exact) mass is 350 g/mol. The van der Waals surface area contributed by atoms with Gasteiger partial charge in [-0.15, -0.1) is 0 Å². The van der Waals surface area contributed by atoms with Crippen LogP contribution in [0.2, 0.25) is 5.15 Å². The van der Waals surface area contributed by atoms with Crippen LogP contribution in [0.15, 0.2) is 10.9 Å². The van der Waals surface area contributed by atoms with Gasteiger partial charge in [0.15, 0.2) is 0 Å². The van der Waals surface area contributed by atoms with Crippen molar-refractivity contribution < 1.29 is 4.79 Å². The topological polar surface area (TPSA) is 79.8 Å². The third-order valence-electron chi connectivity index (χ3n) is 3.94. The highest BCUT2D eigenvalue weighted by Crippen LogP contribution is 2.20. The summed E-state index contributed by atoms with van der Waals surface area (Å²) in [4.78, 5) is 27.2. The minimum Gasteiger partial charge on any atom is -0.348 e. The van der Waals surface area contributed by atoms with Crippen LogP contribution in [0.3, 0.4) is 0 Å². The van der Waals surface area contributed by atoms with E-state index in [1.165, 1.54) is 0 Å². The third-order valence-corrected chi connectivity index (χ3v) is 4.32. The maximum Gasteiger partial charge on any atom is 0.256 e. The van der Waals surface area contributed by atoms with Gasteiger partial charge in [-0.3, -0.25) is 14.3 Å². The van der Waals surface area contributed by atoms with Crippen molar-refractivity contribution in [2.75, 3.05) is 0 Å². The molecule has 0 unspecified atom stereocenters. The SMILES string of the molecule is CCCCn1nc(C)c(C(=O)NCc2c(C)cc(C)[nH]c2=O)c1Cl. The van der Waals surface area contributed by atoms with E-state index in [0.29, 0.717) is 28.5 Å². The number of nitrogens with one attached hydrogen (secondary N) is 2. The first-order chi connectivity index (χ1) is 11.3. The van der Waals surface area contributed by atoms with Crippen LogP contribution < -0.4 is 10.9 Å². The van der Waals surface area contributed by atoms with E-state index in [2.05, 4.69) is 22.3 Å². The van der Waals surface area contributed by atoms with Gasteiger partial charge in [0.1, 0.15) is 5.15 Å². The summed E-state index contributed by atoms with van der Waals surface area (Å²) < 4.78 is 1.65. The Labute approximate surface area is 146 Å². The van der Waals surface area contributed by atoms with Gasteiger partial charge in [-0.2, -0.15) is 5.10 Å². The van der Waals surface area contributed by atoms with Crippen molar-refractivity contribution >= 4 is 17.5 Å². The van der Waals surface area contributed by atoms with E-state index in [0.717, 1.165) is 24.1 Å². The lowest BCUT2D eigenvalue weighted by atomic mass is 10.1. The lowest BCUT2D eigenvalue weighted by Gasteiger charge is -2.08. The van der Waals surface area contributed by atoms with Gasteiger partial charge in [0.25, 0.3) is 11.5 Å². The number of nitrogens with zero attached hydrogens (tertiary/aromatic N) is 2. The van der Waals surface area contributed by atoms with Crippen LogP contribution >= 0.6 is 11.6 Å². The van der Waals surface area contributed by atoms with E-state index in [1.54, 1.807) is 11.6 Å². The maximum absolute atomic E-state index is 12.5. The Kier molecular flexibility index (Phi) is 5.83. The molecule has 0 aromatic carbocycles. The Bertz CT molecular complexity index is 808. The summed E-state index contributed by atoms with van der Waals surface area (Å²) in [5.74, 6) is -0.320. The first kappa shape index (κ1) is 18.3. The zero-order chi connectivity index (χ0) is 17.9. The summed E-state index contributed by atoms with van der Waals surface area (Å²) in [6, 6.07) is 1.88. The summed E-state index contributed by atoms with van der Waals surface area (Å²) in [5, 5.41) is 7.44. The van der Waals surface area contributed by atoms with Gasteiger partial charge < -0.3 is 10.3 Å². The predicted octanol–water partition coefficient (Wildman–Crippen LogP) is 2.88. The summed E-state index contributed by atoms with van der Waals surface area (Å²) in [5.41, 5.74) is 2.95. The smallest absolute Gasteiger partial charge is 0.256 e. The number of unbranched alkanes of at least 4 members (excludes halogenated alkanes) is 1. The molecule has 0 saturated heterocycles. The largest absolute Gasteiger partial charge is 0.348 e. The van der Waals surface area contributed by atoms with E-state index >= 15 is 0 Å². The molecule has 0 spiro atoms. The minimum absolute atomic E-state index is 0.149. The second-order valence-corrected chi connectivity index (χ2v) is 6.31. The first-order valence-corrected chi connectivity index (χ1v) is 8.43. The van der Waals surface area contributed by atoms with Gasteiger partial charge in [0, 0.05) is 24.3 Å². The summed E-state index contributed by atoms with van der Waals surface area (Å²) in [7, 11) is 0. The number of hydrogen-bond donors (Lipinski definition) is 2. The summed E-state index contributed by atoms with van der Waals surface area (Å²) in [6.45, 7) is 8.35. The van der Waals surface area contributed by atoms with Crippen LogP contribution in [-0.2, 0) is 13.1 Å². The molecule has 2 rings (SSSR count). The van der Waals surface area contributed by atoms with E-state index < -0.39 is 0 Å². The normalized spacial score (nSPS) is 10.9. The van der Waals surface area contributed by atoms with Crippen LogP contribution in [-0.4, -0.2) is 20.7 Å². The molecule has 7 heteroatoms. The molecule has 0 fully saturated rings.